The molecule has 1 unspecified atom stereocenters. The van der Waals surface area contributed by atoms with Crippen molar-refractivity contribution in [2.24, 2.45) is 4.36 Å². The Bertz CT molecular complexity index is 394. The highest BCUT2D eigenvalue weighted by molar-refractivity contribution is 9.10. The van der Waals surface area contributed by atoms with Gasteiger partial charge in [0, 0.05) is 17.8 Å². The summed E-state index contributed by atoms with van der Waals surface area (Å²) in [7, 11) is -0.630. The SMILES string of the molecule is CN=S(C)(=O)c1ccccc1Br. The van der Waals surface area contributed by atoms with Crippen molar-refractivity contribution in [2.45, 2.75) is 4.90 Å². The molecule has 1 atom stereocenters. The Morgan fingerprint density at radius 1 is 1.42 bits per heavy atom. The van der Waals surface area contributed by atoms with E-state index >= 15 is 0 Å². The summed E-state index contributed by atoms with van der Waals surface area (Å²) >= 11 is 3.33. The van der Waals surface area contributed by atoms with Crippen LogP contribution in [-0.2, 0) is 9.73 Å². The van der Waals surface area contributed by atoms with E-state index in [1.54, 1.807) is 13.3 Å². The maximum Gasteiger partial charge on any atom is 0.0731 e. The molecule has 0 heterocycles. The second-order valence-corrected chi connectivity index (χ2v) is 5.68. The van der Waals surface area contributed by atoms with Crippen LogP contribution in [0.2, 0.25) is 0 Å². The van der Waals surface area contributed by atoms with Crippen LogP contribution in [0, 0.1) is 0 Å². The van der Waals surface area contributed by atoms with Crippen molar-refractivity contribution in [3.63, 3.8) is 0 Å². The van der Waals surface area contributed by atoms with E-state index in [1.807, 2.05) is 24.3 Å². The Morgan fingerprint density at radius 2 is 2.00 bits per heavy atom. The number of halogens is 1. The van der Waals surface area contributed by atoms with E-state index in [-0.39, 0.29) is 0 Å². The molecule has 1 aromatic rings. The number of hydrogen-bond donors (Lipinski definition) is 0. The molecule has 1 rings (SSSR count). The quantitative estimate of drug-likeness (QED) is 0.750. The summed E-state index contributed by atoms with van der Waals surface area (Å²) < 4.78 is 16.5. The summed E-state index contributed by atoms with van der Waals surface area (Å²) in [4.78, 5) is 0.757. The molecule has 0 spiro atoms. The van der Waals surface area contributed by atoms with E-state index in [1.165, 1.54) is 0 Å². The van der Waals surface area contributed by atoms with Crippen LogP contribution in [0.15, 0.2) is 38.0 Å². The van der Waals surface area contributed by atoms with Gasteiger partial charge in [-0.25, -0.2) is 8.57 Å². The smallest absolute Gasteiger partial charge is 0.0731 e. The van der Waals surface area contributed by atoms with Crippen LogP contribution < -0.4 is 0 Å². The lowest BCUT2D eigenvalue weighted by Crippen LogP contribution is -1.97. The molecule has 12 heavy (non-hydrogen) atoms. The van der Waals surface area contributed by atoms with Gasteiger partial charge in [-0.2, -0.15) is 0 Å². The summed E-state index contributed by atoms with van der Waals surface area (Å²) in [6.07, 6.45) is 1.63. The molecule has 66 valence electrons. The molecular weight excluding hydrogens is 238 g/mol. The van der Waals surface area contributed by atoms with Crippen molar-refractivity contribution in [3.8, 4) is 0 Å². The molecule has 0 aliphatic rings. The van der Waals surface area contributed by atoms with Crippen LogP contribution >= 0.6 is 15.9 Å². The van der Waals surface area contributed by atoms with E-state index in [0.717, 1.165) is 9.37 Å². The number of hydrogen-bond acceptors (Lipinski definition) is 2. The molecule has 0 aliphatic heterocycles. The Morgan fingerprint density at radius 3 is 2.50 bits per heavy atom. The fraction of sp³-hybridized carbons (Fsp3) is 0.250. The number of nitrogens with zero attached hydrogens (tertiary/aromatic N) is 1. The minimum Gasteiger partial charge on any atom is -0.245 e. The zero-order valence-electron chi connectivity index (χ0n) is 6.95. The van der Waals surface area contributed by atoms with Gasteiger partial charge in [0.05, 0.1) is 14.6 Å². The van der Waals surface area contributed by atoms with Crippen LogP contribution in [0.1, 0.15) is 0 Å². The first-order valence-electron chi connectivity index (χ1n) is 3.43. The van der Waals surface area contributed by atoms with Gasteiger partial charge in [0.2, 0.25) is 0 Å². The van der Waals surface area contributed by atoms with Crippen molar-refractivity contribution in [1.82, 2.24) is 0 Å². The standard InChI is InChI=1S/C8H10BrNOS/c1-10-12(2,11)8-6-4-3-5-7(8)9/h3-6H,1-2H3. The summed E-state index contributed by atoms with van der Waals surface area (Å²) in [6.45, 7) is 0. The van der Waals surface area contributed by atoms with E-state index in [4.69, 9.17) is 0 Å². The summed E-state index contributed by atoms with van der Waals surface area (Å²) in [5.74, 6) is 0. The normalized spacial score (nSPS) is 15.2. The van der Waals surface area contributed by atoms with Crippen molar-refractivity contribution in [2.75, 3.05) is 13.3 Å². The summed E-state index contributed by atoms with van der Waals surface area (Å²) in [5.41, 5.74) is 0. The molecule has 0 fully saturated rings. The van der Waals surface area contributed by atoms with Crippen LogP contribution in [0.3, 0.4) is 0 Å². The first kappa shape index (κ1) is 9.74. The molecule has 0 amide bonds. The van der Waals surface area contributed by atoms with Gasteiger partial charge in [-0.1, -0.05) is 12.1 Å². The van der Waals surface area contributed by atoms with Crippen LogP contribution in [0.25, 0.3) is 0 Å². The monoisotopic (exact) mass is 247 g/mol. The molecule has 2 nitrogen and oxygen atoms in total. The minimum atomic E-state index is -2.20. The second kappa shape index (κ2) is 3.58. The first-order chi connectivity index (χ1) is 5.58. The molecular formula is C8H10BrNOS. The van der Waals surface area contributed by atoms with E-state index in [0.29, 0.717) is 0 Å². The zero-order valence-corrected chi connectivity index (χ0v) is 9.35. The lowest BCUT2D eigenvalue weighted by molar-refractivity contribution is 0.680. The highest BCUT2D eigenvalue weighted by Crippen LogP contribution is 2.21. The third kappa shape index (κ3) is 1.87. The summed E-state index contributed by atoms with van der Waals surface area (Å²) in [5, 5.41) is 0. The molecule has 0 saturated heterocycles. The third-order valence-corrected chi connectivity index (χ3v) is 4.42. The Labute approximate surface area is 81.3 Å². The van der Waals surface area contributed by atoms with Gasteiger partial charge in [-0.15, -0.1) is 0 Å². The van der Waals surface area contributed by atoms with E-state index < -0.39 is 9.73 Å². The molecule has 0 radical (unpaired) electrons. The van der Waals surface area contributed by atoms with Gasteiger partial charge >= 0.3 is 0 Å². The molecule has 0 saturated carbocycles. The molecule has 4 heteroatoms. The maximum atomic E-state index is 11.8. The van der Waals surface area contributed by atoms with Crippen molar-refractivity contribution in [3.05, 3.63) is 28.7 Å². The molecule has 0 bridgehead atoms. The molecule has 1 aromatic carbocycles. The maximum absolute atomic E-state index is 11.8. The van der Waals surface area contributed by atoms with Crippen LogP contribution in [0.4, 0.5) is 0 Å². The predicted octanol–water partition coefficient (Wildman–Crippen LogP) is 2.54. The number of benzene rings is 1. The van der Waals surface area contributed by atoms with E-state index in [9.17, 15) is 4.21 Å². The number of rotatable bonds is 1. The zero-order chi connectivity index (χ0) is 9.19. The topological polar surface area (TPSA) is 29.4 Å². The van der Waals surface area contributed by atoms with Gasteiger partial charge in [0.25, 0.3) is 0 Å². The lowest BCUT2D eigenvalue weighted by Gasteiger charge is -2.04. The average Bonchev–Trinajstić information content (AvgIpc) is 2.05. The largest absolute Gasteiger partial charge is 0.245 e. The van der Waals surface area contributed by atoms with Crippen molar-refractivity contribution >= 4 is 25.7 Å². The van der Waals surface area contributed by atoms with Gasteiger partial charge in [0.15, 0.2) is 0 Å². The van der Waals surface area contributed by atoms with E-state index in [2.05, 4.69) is 20.3 Å². The van der Waals surface area contributed by atoms with Crippen molar-refractivity contribution in [1.29, 1.82) is 0 Å². The van der Waals surface area contributed by atoms with Gasteiger partial charge in [-0.3, -0.25) is 0 Å². The highest BCUT2D eigenvalue weighted by Gasteiger charge is 2.07. The third-order valence-electron chi connectivity index (χ3n) is 1.59. The first-order valence-corrected chi connectivity index (χ1v) is 6.14. The summed E-state index contributed by atoms with van der Waals surface area (Å²) in [6, 6.07) is 7.43. The Balaban J connectivity index is 3.40. The lowest BCUT2D eigenvalue weighted by atomic mass is 10.4. The average molecular weight is 248 g/mol. The Kier molecular flexibility index (Phi) is 2.90. The van der Waals surface area contributed by atoms with Gasteiger partial charge in [-0.05, 0) is 28.1 Å². The predicted molar refractivity (Wildman–Crippen MR) is 54.8 cm³/mol. The van der Waals surface area contributed by atoms with Gasteiger partial charge < -0.3 is 0 Å². The molecule has 0 aromatic heterocycles. The van der Waals surface area contributed by atoms with Gasteiger partial charge in [0.1, 0.15) is 0 Å². The van der Waals surface area contributed by atoms with Crippen LogP contribution in [0.5, 0.6) is 0 Å². The fourth-order valence-electron chi connectivity index (χ4n) is 0.850. The Hall–Kier alpha value is -0.350. The van der Waals surface area contributed by atoms with Crippen molar-refractivity contribution < 1.29 is 4.21 Å². The minimum absolute atomic E-state index is 0.757. The highest BCUT2D eigenvalue weighted by atomic mass is 79.9. The second-order valence-electron chi connectivity index (χ2n) is 2.42. The van der Waals surface area contributed by atoms with Crippen LogP contribution in [-0.4, -0.2) is 17.5 Å². The fourth-order valence-corrected chi connectivity index (χ4v) is 2.99. The molecule has 0 N–H and O–H groups in total. The molecule has 0 aliphatic carbocycles.